The van der Waals surface area contributed by atoms with Gasteiger partial charge in [-0.2, -0.15) is 0 Å². The Morgan fingerprint density at radius 2 is 2.04 bits per heavy atom. The van der Waals surface area contributed by atoms with Crippen LogP contribution in [0.3, 0.4) is 0 Å². The number of piperidine rings is 1. The highest BCUT2D eigenvalue weighted by Crippen LogP contribution is 2.59. The fourth-order valence-electron chi connectivity index (χ4n) is 4.89. The SMILES string of the molecule is CCOC(=O)[C@@]12C[C@H]3CC[C@H](C)C[C@@]3(O1)N(Cc1ccccc1)C2=O. The first kappa shape index (κ1) is 16.6. The lowest BCUT2D eigenvalue weighted by molar-refractivity contribution is -0.176. The highest BCUT2D eigenvalue weighted by Gasteiger charge is 2.74. The van der Waals surface area contributed by atoms with E-state index in [9.17, 15) is 9.59 Å². The van der Waals surface area contributed by atoms with Crippen LogP contribution in [0.5, 0.6) is 0 Å². The molecule has 1 amide bonds. The fourth-order valence-corrected chi connectivity index (χ4v) is 4.89. The zero-order valence-corrected chi connectivity index (χ0v) is 14.9. The Labute approximate surface area is 148 Å². The van der Waals surface area contributed by atoms with Gasteiger partial charge in [0.1, 0.15) is 5.72 Å². The lowest BCUT2D eigenvalue weighted by Gasteiger charge is -2.46. The van der Waals surface area contributed by atoms with Crippen molar-refractivity contribution in [2.75, 3.05) is 6.61 Å². The number of rotatable bonds is 4. The molecule has 2 saturated heterocycles. The van der Waals surface area contributed by atoms with E-state index in [2.05, 4.69) is 6.92 Å². The van der Waals surface area contributed by atoms with Crippen LogP contribution in [0, 0.1) is 11.8 Å². The maximum Gasteiger partial charge on any atom is 0.348 e. The Morgan fingerprint density at radius 3 is 2.76 bits per heavy atom. The van der Waals surface area contributed by atoms with Crippen molar-refractivity contribution in [2.45, 2.75) is 57.4 Å². The Balaban J connectivity index is 1.73. The van der Waals surface area contributed by atoms with Crippen LogP contribution < -0.4 is 0 Å². The molecule has 5 heteroatoms. The van der Waals surface area contributed by atoms with Crippen LogP contribution in [0.2, 0.25) is 0 Å². The van der Waals surface area contributed by atoms with Crippen molar-refractivity contribution in [2.24, 2.45) is 11.8 Å². The van der Waals surface area contributed by atoms with Gasteiger partial charge >= 0.3 is 5.97 Å². The van der Waals surface area contributed by atoms with E-state index in [1.807, 2.05) is 35.2 Å². The van der Waals surface area contributed by atoms with E-state index in [-0.39, 0.29) is 18.4 Å². The highest BCUT2D eigenvalue weighted by atomic mass is 16.6. The second-order valence-electron chi connectivity index (χ2n) is 7.66. The lowest BCUT2D eigenvalue weighted by atomic mass is 9.71. The molecule has 25 heavy (non-hydrogen) atoms. The van der Waals surface area contributed by atoms with E-state index in [0.717, 1.165) is 24.8 Å². The van der Waals surface area contributed by atoms with Crippen LogP contribution in [0.15, 0.2) is 30.3 Å². The van der Waals surface area contributed by atoms with Crippen LogP contribution in [0.25, 0.3) is 0 Å². The van der Waals surface area contributed by atoms with Gasteiger partial charge in [-0.15, -0.1) is 0 Å². The summed E-state index contributed by atoms with van der Waals surface area (Å²) in [7, 11) is 0. The zero-order valence-electron chi connectivity index (χ0n) is 14.9. The summed E-state index contributed by atoms with van der Waals surface area (Å²) in [6.45, 7) is 4.69. The molecule has 3 fully saturated rings. The Hall–Kier alpha value is -1.88. The molecule has 0 aromatic heterocycles. The van der Waals surface area contributed by atoms with E-state index in [4.69, 9.17) is 9.47 Å². The van der Waals surface area contributed by atoms with Gasteiger partial charge in [0.15, 0.2) is 0 Å². The maximum absolute atomic E-state index is 13.3. The van der Waals surface area contributed by atoms with Crippen LogP contribution >= 0.6 is 0 Å². The largest absolute Gasteiger partial charge is 0.463 e. The number of amides is 1. The number of ether oxygens (including phenoxy) is 2. The summed E-state index contributed by atoms with van der Waals surface area (Å²) in [5.74, 6) is -0.0647. The number of fused-ring (bicyclic) bond motifs is 1. The Kier molecular flexibility index (Phi) is 3.87. The predicted octanol–water partition coefficient (Wildman–Crippen LogP) is 2.88. The summed E-state index contributed by atoms with van der Waals surface area (Å²) in [6, 6.07) is 9.91. The number of hydrogen-bond acceptors (Lipinski definition) is 4. The van der Waals surface area contributed by atoms with E-state index < -0.39 is 17.3 Å². The number of esters is 1. The molecule has 1 spiro atoms. The first-order valence-corrected chi connectivity index (χ1v) is 9.25. The van der Waals surface area contributed by atoms with Crippen LogP contribution in [-0.4, -0.2) is 34.7 Å². The molecule has 1 aromatic carbocycles. The number of likely N-dealkylation sites (tertiary alicyclic amines) is 1. The van der Waals surface area contributed by atoms with Gasteiger partial charge in [0, 0.05) is 18.9 Å². The molecule has 4 rings (SSSR count). The van der Waals surface area contributed by atoms with Gasteiger partial charge in [0.25, 0.3) is 5.91 Å². The third-order valence-electron chi connectivity index (χ3n) is 6.01. The summed E-state index contributed by atoms with van der Waals surface area (Å²) in [6.07, 6.45) is 3.35. The van der Waals surface area contributed by atoms with Gasteiger partial charge in [-0.05, 0) is 31.2 Å². The number of carbonyl (C=O) groups excluding carboxylic acids is 2. The average molecular weight is 343 g/mol. The van der Waals surface area contributed by atoms with E-state index in [1.165, 1.54) is 0 Å². The van der Waals surface area contributed by atoms with Gasteiger partial charge in [0.2, 0.25) is 5.60 Å². The summed E-state index contributed by atoms with van der Waals surface area (Å²) in [4.78, 5) is 27.7. The monoisotopic (exact) mass is 343 g/mol. The molecule has 3 aliphatic rings. The van der Waals surface area contributed by atoms with Gasteiger partial charge in [-0.3, -0.25) is 4.79 Å². The average Bonchev–Trinajstić information content (AvgIpc) is 3.06. The minimum atomic E-state index is -1.43. The minimum Gasteiger partial charge on any atom is -0.463 e. The molecule has 5 nitrogen and oxygen atoms in total. The summed E-state index contributed by atoms with van der Waals surface area (Å²) >= 11 is 0. The van der Waals surface area contributed by atoms with E-state index >= 15 is 0 Å². The van der Waals surface area contributed by atoms with E-state index in [1.54, 1.807) is 6.92 Å². The first-order chi connectivity index (χ1) is 12.0. The van der Waals surface area contributed by atoms with Crippen molar-refractivity contribution < 1.29 is 19.1 Å². The van der Waals surface area contributed by atoms with Gasteiger partial charge in [0.05, 0.1) is 6.61 Å². The first-order valence-electron chi connectivity index (χ1n) is 9.25. The number of carbonyl (C=O) groups is 2. The van der Waals surface area contributed by atoms with Gasteiger partial charge in [-0.1, -0.05) is 43.7 Å². The Bertz CT molecular complexity index is 690. The number of hydrogen-bond donors (Lipinski definition) is 0. The van der Waals surface area contributed by atoms with Crippen molar-refractivity contribution in [1.29, 1.82) is 0 Å². The molecule has 1 saturated carbocycles. The standard InChI is InChI=1S/C20H25NO4/c1-3-24-18(23)19-12-16-10-9-14(2)11-20(16,25-19)21(17(19)22)13-15-7-5-4-6-8-15/h4-8,14,16H,3,9-13H2,1-2H3/t14-,16+,19-,20-/m0/s1. The molecule has 1 aromatic rings. The smallest absolute Gasteiger partial charge is 0.348 e. The van der Waals surface area contributed by atoms with Crippen LogP contribution in [-0.2, 0) is 25.6 Å². The Morgan fingerprint density at radius 1 is 1.28 bits per heavy atom. The van der Waals surface area contributed by atoms with Crippen molar-refractivity contribution in [3.63, 3.8) is 0 Å². The quantitative estimate of drug-likeness (QED) is 0.623. The van der Waals surface area contributed by atoms with Crippen molar-refractivity contribution >= 4 is 11.9 Å². The fraction of sp³-hybridized carbons (Fsp3) is 0.600. The zero-order chi connectivity index (χ0) is 17.7. The van der Waals surface area contributed by atoms with E-state index in [0.29, 0.717) is 18.9 Å². The molecule has 0 radical (unpaired) electrons. The third-order valence-corrected chi connectivity index (χ3v) is 6.01. The van der Waals surface area contributed by atoms with Gasteiger partial charge < -0.3 is 14.4 Å². The number of benzene rings is 1. The normalized spacial score (nSPS) is 36.4. The second-order valence-corrected chi connectivity index (χ2v) is 7.66. The molecule has 2 aliphatic heterocycles. The molecular weight excluding hydrogens is 318 g/mol. The molecule has 1 aliphatic carbocycles. The topological polar surface area (TPSA) is 55.8 Å². The molecule has 4 atom stereocenters. The minimum absolute atomic E-state index is 0.203. The highest BCUT2D eigenvalue weighted by molar-refractivity contribution is 6.08. The van der Waals surface area contributed by atoms with Crippen molar-refractivity contribution in [1.82, 2.24) is 4.90 Å². The molecule has 0 unspecified atom stereocenters. The van der Waals surface area contributed by atoms with Crippen molar-refractivity contribution in [3.05, 3.63) is 35.9 Å². The predicted molar refractivity (Wildman–Crippen MR) is 91.3 cm³/mol. The lowest BCUT2D eigenvalue weighted by Crippen LogP contribution is -2.58. The molecular formula is C20H25NO4. The molecule has 134 valence electrons. The van der Waals surface area contributed by atoms with Crippen LogP contribution in [0.1, 0.15) is 45.1 Å². The maximum atomic E-state index is 13.3. The summed E-state index contributed by atoms with van der Waals surface area (Å²) < 4.78 is 11.6. The molecule has 0 N–H and O–H groups in total. The second kappa shape index (κ2) is 5.84. The summed E-state index contributed by atoms with van der Waals surface area (Å²) in [5.41, 5.74) is -1.03. The summed E-state index contributed by atoms with van der Waals surface area (Å²) in [5, 5.41) is 0. The van der Waals surface area contributed by atoms with Gasteiger partial charge in [-0.25, -0.2) is 4.79 Å². The number of nitrogens with zero attached hydrogens (tertiary/aromatic N) is 1. The van der Waals surface area contributed by atoms with Crippen LogP contribution in [0.4, 0.5) is 0 Å². The molecule has 2 heterocycles. The molecule has 2 bridgehead atoms. The third kappa shape index (κ3) is 2.32. The van der Waals surface area contributed by atoms with Crippen molar-refractivity contribution in [3.8, 4) is 0 Å².